The summed E-state index contributed by atoms with van der Waals surface area (Å²) in [6.07, 6.45) is 3.07. The van der Waals surface area contributed by atoms with Crippen molar-refractivity contribution in [2.45, 2.75) is 6.92 Å². The van der Waals surface area contributed by atoms with E-state index in [-0.39, 0.29) is 11.7 Å². The molecule has 0 unspecified atom stereocenters. The molecule has 6 nitrogen and oxygen atoms in total. The van der Waals surface area contributed by atoms with Crippen molar-refractivity contribution in [2.24, 2.45) is 5.10 Å². The number of anilines is 1. The summed E-state index contributed by atoms with van der Waals surface area (Å²) in [7, 11) is 0. The van der Waals surface area contributed by atoms with Crippen LogP contribution in [0.15, 0.2) is 47.8 Å². The number of hydrogen-bond donors (Lipinski definition) is 1. The molecule has 1 aliphatic rings. The van der Waals surface area contributed by atoms with Crippen LogP contribution in [0.4, 0.5) is 10.1 Å². The number of aromatic nitrogens is 1. The first-order valence-corrected chi connectivity index (χ1v) is 8.02. The summed E-state index contributed by atoms with van der Waals surface area (Å²) in [6, 6.07) is 8.15. The highest BCUT2D eigenvalue weighted by Gasteiger charge is 2.15. The SMILES string of the molecule is C/C(=N/NC(=O)c1ccncc1)c1ccc(N2CCOCC2)c(F)c1. The maximum atomic E-state index is 14.4. The summed E-state index contributed by atoms with van der Waals surface area (Å²) in [4.78, 5) is 17.8. The number of amides is 1. The third-order valence-electron chi connectivity index (χ3n) is 3.98. The summed E-state index contributed by atoms with van der Waals surface area (Å²) in [5.41, 5.74) is 4.62. The Morgan fingerprint density at radius 3 is 2.60 bits per heavy atom. The normalized spacial score (nSPS) is 15.1. The number of ether oxygens (including phenoxy) is 1. The van der Waals surface area contributed by atoms with Crippen molar-refractivity contribution in [2.75, 3.05) is 31.2 Å². The van der Waals surface area contributed by atoms with Gasteiger partial charge in [0.15, 0.2) is 0 Å². The average molecular weight is 342 g/mol. The second-order valence-corrected chi connectivity index (χ2v) is 5.64. The van der Waals surface area contributed by atoms with Crippen LogP contribution in [-0.4, -0.2) is 42.9 Å². The molecule has 0 spiro atoms. The molecule has 0 saturated carbocycles. The molecule has 0 atom stereocenters. The Kier molecular flexibility index (Phi) is 5.35. The smallest absolute Gasteiger partial charge is 0.271 e. The van der Waals surface area contributed by atoms with E-state index in [1.165, 1.54) is 18.5 Å². The van der Waals surface area contributed by atoms with Crippen LogP contribution in [-0.2, 0) is 4.74 Å². The van der Waals surface area contributed by atoms with Gasteiger partial charge in [0.2, 0.25) is 0 Å². The molecule has 0 aliphatic carbocycles. The summed E-state index contributed by atoms with van der Waals surface area (Å²) < 4.78 is 19.7. The lowest BCUT2D eigenvalue weighted by atomic mass is 10.1. The molecule has 1 fully saturated rings. The first-order chi connectivity index (χ1) is 12.1. The third-order valence-corrected chi connectivity index (χ3v) is 3.98. The Morgan fingerprint density at radius 2 is 1.92 bits per heavy atom. The molecule has 1 aliphatic heterocycles. The molecule has 1 aromatic carbocycles. The minimum Gasteiger partial charge on any atom is -0.378 e. The standard InChI is InChI=1S/C18H19FN4O2/c1-13(21-22-18(24)14-4-6-20-7-5-14)15-2-3-17(16(19)12-15)23-8-10-25-11-9-23/h2-7,12H,8-11H2,1H3,(H,22,24)/b21-13-. The molecule has 1 amide bonds. The van der Waals surface area contributed by atoms with Gasteiger partial charge in [-0.25, -0.2) is 9.82 Å². The number of rotatable bonds is 4. The van der Waals surface area contributed by atoms with E-state index in [2.05, 4.69) is 15.5 Å². The van der Waals surface area contributed by atoms with Gasteiger partial charge < -0.3 is 9.64 Å². The zero-order chi connectivity index (χ0) is 17.6. The van der Waals surface area contributed by atoms with Crippen molar-refractivity contribution in [3.63, 3.8) is 0 Å². The van der Waals surface area contributed by atoms with E-state index in [4.69, 9.17) is 4.74 Å². The number of pyridine rings is 1. The number of hydrazone groups is 1. The lowest BCUT2D eigenvalue weighted by Gasteiger charge is -2.29. The molecular weight excluding hydrogens is 323 g/mol. The predicted molar refractivity (Wildman–Crippen MR) is 93.3 cm³/mol. The van der Waals surface area contributed by atoms with Crippen LogP contribution < -0.4 is 10.3 Å². The van der Waals surface area contributed by atoms with Crippen LogP contribution in [0.3, 0.4) is 0 Å². The van der Waals surface area contributed by atoms with Crippen LogP contribution in [0, 0.1) is 5.82 Å². The summed E-state index contributed by atoms with van der Waals surface area (Å²) in [6.45, 7) is 4.26. The summed E-state index contributed by atoms with van der Waals surface area (Å²) in [5, 5.41) is 4.05. The Labute approximate surface area is 145 Å². The molecule has 0 bridgehead atoms. The van der Waals surface area contributed by atoms with Gasteiger partial charge in [-0.05, 0) is 31.2 Å². The Hall–Kier alpha value is -2.80. The largest absolute Gasteiger partial charge is 0.378 e. The molecule has 3 rings (SSSR count). The number of nitrogens with zero attached hydrogens (tertiary/aromatic N) is 3. The maximum Gasteiger partial charge on any atom is 0.271 e. The molecule has 0 radical (unpaired) electrons. The minimum atomic E-state index is -0.341. The fraction of sp³-hybridized carbons (Fsp3) is 0.278. The molecular formula is C18H19FN4O2. The molecule has 1 saturated heterocycles. The number of benzene rings is 1. The van der Waals surface area contributed by atoms with E-state index in [1.54, 1.807) is 31.2 Å². The number of hydrogen-bond acceptors (Lipinski definition) is 5. The molecule has 1 N–H and O–H groups in total. The second kappa shape index (κ2) is 7.85. The van der Waals surface area contributed by atoms with Crippen molar-refractivity contribution in [3.8, 4) is 0 Å². The third kappa shape index (κ3) is 4.19. The van der Waals surface area contributed by atoms with Crippen LogP contribution >= 0.6 is 0 Å². The highest BCUT2D eigenvalue weighted by molar-refractivity contribution is 6.01. The van der Waals surface area contributed by atoms with Crippen molar-refractivity contribution in [1.29, 1.82) is 0 Å². The molecule has 7 heteroatoms. The highest BCUT2D eigenvalue weighted by Crippen LogP contribution is 2.21. The Morgan fingerprint density at radius 1 is 1.20 bits per heavy atom. The summed E-state index contributed by atoms with van der Waals surface area (Å²) >= 11 is 0. The van der Waals surface area contributed by atoms with Gasteiger partial charge in [-0.1, -0.05) is 6.07 Å². The van der Waals surface area contributed by atoms with Crippen molar-refractivity contribution < 1.29 is 13.9 Å². The number of carbonyl (C=O) groups is 1. The Balaban J connectivity index is 1.70. The van der Waals surface area contributed by atoms with E-state index in [9.17, 15) is 9.18 Å². The molecule has 130 valence electrons. The van der Waals surface area contributed by atoms with Gasteiger partial charge in [-0.3, -0.25) is 9.78 Å². The van der Waals surface area contributed by atoms with E-state index in [1.807, 2.05) is 4.90 Å². The minimum absolute atomic E-state index is 0.311. The van der Waals surface area contributed by atoms with Crippen LogP contribution in [0.1, 0.15) is 22.8 Å². The lowest BCUT2D eigenvalue weighted by molar-refractivity contribution is 0.0954. The molecule has 25 heavy (non-hydrogen) atoms. The number of halogens is 1. The van der Waals surface area contributed by atoms with Gasteiger partial charge >= 0.3 is 0 Å². The number of carbonyl (C=O) groups excluding carboxylic acids is 1. The highest BCUT2D eigenvalue weighted by atomic mass is 19.1. The van der Waals surface area contributed by atoms with Gasteiger partial charge in [0.1, 0.15) is 5.82 Å². The van der Waals surface area contributed by atoms with E-state index in [0.29, 0.717) is 48.8 Å². The Bertz CT molecular complexity index is 774. The van der Waals surface area contributed by atoms with E-state index >= 15 is 0 Å². The van der Waals surface area contributed by atoms with Gasteiger partial charge in [0, 0.05) is 36.6 Å². The molecule has 1 aromatic heterocycles. The zero-order valence-corrected chi connectivity index (χ0v) is 13.9. The van der Waals surface area contributed by atoms with Gasteiger partial charge in [-0.2, -0.15) is 5.10 Å². The second-order valence-electron chi connectivity index (χ2n) is 5.64. The van der Waals surface area contributed by atoms with Gasteiger partial charge in [0.05, 0.1) is 24.6 Å². The quantitative estimate of drug-likeness (QED) is 0.683. The number of morpholine rings is 1. The maximum absolute atomic E-state index is 14.4. The number of nitrogens with one attached hydrogen (secondary N) is 1. The predicted octanol–water partition coefficient (Wildman–Crippen LogP) is 2.21. The van der Waals surface area contributed by atoms with Crippen LogP contribution in [0.25, 0.3) is 0 Å². The first-order valence-electron chi connectivity index (χ1n) is 8.02. The average Bonchev–Trinajstić information content (AvgIpc) is 2.67. The monoisotopic (exact) mass is 342 g/mol. The van der Waals surface area contributed by atoms with Crippen molar-refractivity contribution >= 4 is 17.3 Å². The fourth-order valence-electron chi connectivity index (χ4n) is 2.56. The zero-order valence-electron chi connectivity index (χ0n) is 13.9. The molecule has 2 heterocycles. The van der Waals surface area contributed by atoms with Crippen LogP contribution in [0.2, 0.25) is 0 Å². The fourth-order valence-corrected chi connectivity index (χ4v) is 2.56. The summed E-state index contributed by atoms with van der Waals surface area (Å²) in [5.74, 6) is -0.651. The van der Waals surface area contributed by atoms with E-state index in [0.717, 1.165) is 0 Å². The molecule has 2 aromatic rings. The van der Waals surface area contributed by atoms with Gasteiger partial charge in [-0.15, -0.1) is 0 Å². The van der Waals surface area contributed by atoms with E-state index < -0.39 is 0 Å². The topological polar surface area (TPSA) is 66.8 Å². The first kappa shape index (κ1) is 17.0. The van der Waals surface area contributed by atoms with Crippen LogP contribution in [0.5, 0.6) is 0 Å². The van der Waals surface area contributed by atoms with Crippen molar-refractivity contribution in [3.05, 3.63) is 59.7 Å². The van der Waals surface area contributed by atoms with Gasteiger partial charge in [0.25, 0.3) is 5.91 Å². The lowest BCUT2D eigenvalue weighted by Crippen LogP contribution is -2.36. The van der Waals surface area contributed by atoms with Crippen molar-refractivity contribution in [1.82, 2.24) is 10.4 Å².